The molecule has 2 heterocycles. The van der Waals surface area contributed by atoms with Crippen molar-refractivity contribution in [3.63, 3.8) is 0 Å². The first kappa shape index (κ1) is 19.7. The zero-order valence-electron chi connectivity index (χ0n) is 14.9. The van der Waals surface area contributed by atoms with E-state index in [9.17, 15) is 16.8 Å². The predicted octanol–water partition coefficient (Wildman–Crippen LogP) is 1.03. The fourth-order valence-corrected chi connectivity index (χ4v) is 7.86. The Kier molecular flexibility index (Phi) is 5.50. The largest absolute Gasteiger partial charge is 0.493 e. The van der Waals surface area contributed by atoms with Crippen LogP contribution in [0.15, 0.2) is 45.9 Å². The molecule has 27 heavy (non-hydrogen) atoms. The molecule has 1 aliphatic rings. The van der Waals surface area contributed by atoms with E-state index in [1.54, 1.807) is 12.1 Å². The molecule has 2 atom stereocenters. The third kappa shape index (κ3) is 4.12. The molecule has 0 spiro atoms. The molecule has 8 nitrogen and oxygen atoms in total. The highest BCUT2D eigenvalue weighted by molar-refractivity contribution is 7.96. The maximum atomic E-state index is 13.1. The molecule has 0 bridgehead atoms. The Morgan fingerprint density at radius 1 is 1.15 bits per heavy atom. The number of hydrogen-bond acceptors (Lipinski definition) is 8. The van der Waals surface area contributed by atoms with E-state index in [2.05, 4.69) is 5.32 Å². The van der Waals surface area contributed by atoms with Crippen LogP contribution in [-0.4, -0.2) is 53.9 Å². The molecule has 0 amide bonds. The van der Waals surface area contributed by atoms with Gasteiger partial charge in [-0.3, -0.25) is 0 Å². The Hall–Kier alpha value is -2.04. The Morgan fingerprint density at radius 3 is 2.52 bits per heavy atom. The van der Waals surface area contributed by atoms with Gasteiger partial charge in [-0.2, -0.15) is 0 Å². The van der Waals surface area contributed by atoms with Crippen molar-refractivity contribution in [3.8, 4) is 11.5 Å². The van der Waals surface area contributed by atoms with Crippen LogP contribution in [0.4, 0.5) is 0 Å². The highest BCUT2D eigenvalue weighted by Crippen LogP contribution is 2.33. The van der Waals surface area contributed by atoms with E-state index < -0.39 is 36.7 Å². The van der Waals surface area contributed by atoms with Crippen LogP contribution < -0.4 is 14.8 Å². The van der Waals surface area contributed by atoms with Crippen LogP contribution in [-0.2, 0) is 26.2 Å². The van der Waals surface area contributed by atoms with Crippen LogP contribution in [0.1, 0.15) is 5.76 Å². The highest BCUT2D eigenvalue weighted by Gasteiger charge is 2.45. The fourth-order valence-electron chi connectivity index (χ4n) is 3.12. The first-order valence-electron chi connectivity index (χ1n) is 8.19. The van der Waals surface area contributed by atoms with Crippen molar-refractivity contribution >= 4 is 19.7 Å². The second-order valence-electron chi connectivity index (χ2n) is 6.24. The van der Waals surface area contributed by atoms with Crippen LogP contribution in [0.2, 0.25) is 0 Å². The third-order valence-corrected chi connectivity index (χ3v) is 8.65. The van der Waals surface area contributed by atoms with E-state index in [-0.39, 0.29) is 22.9 Å². The van der Waals surface area contributed by atoms with E-state index in [4.69, 9.17) is 13.9 Å². The summed E-state index contributed by atoms with van der Waals surface area (Å²) in [6.45, 7) is 0.241. The van der Waals surface area contributed by atoms with Crippen molar-refractivity contribution in [2.24, 2.45) is 0 Å². The molecule has 1 aromatic carbocycles. The minimum atomic E-state index is -3.92. The predicted molar refractivity (Wildman–Crippen MR) is 98.5 cm³/mol. The van der Waals surface area contributed by atoms with Crippen molar-refractivity contribution in [2.45, 2.75) is 22.7 Å². The molecule has 1 aliphatic heterocycles. The van der Waals surface area contributed by atoms with E-state index in [0.717, 1.165) is 0 Å². The first-order chi connectivity index (χ1) is 12.8. The zero-order valence-corrected chi connectivity index (χ0v) is 16.5. The van der Waals surface area contributed by atoms with Gasteiger partial charge in [-0.1, -0.05) is 0 Å². The van der Waals surface area contributed by atoms with Crippen LogP contribution in [0, 0.1) is 0 Å². The Bertz CT molecular complexity index is 998. The molecular formula is C17H21NO7S2. The summed E-state index contributed by atoms with van der Waals surface area (Å²) < 4.78 is 66.1. The standard InChI is InChI=1S/C17H21NO7S2/c1-23-15-6-5-13(8-16(15)24-2)27(21,22)17-11-26(19,20)10-14(17)18-9-12-4-3-7-25-12/h3-8,14,17-18H,9-11H2,1-2H3/t14-,17-/m0/s1. The van der Waals surface area contributed by atoms with Gasteiger partial charge in [0.05, 0.1) is 48.7 Å². The number of nitrogens with one attached hydrogen (secondary N) is 1. The van der Waals surface area contributed by atoms with Gasteiger partial charge in [0, 0.05) is 12.1 Å². The second-order valence-corrected chi connectivity index (χ2v) is 10.6. The molecule has 0 unspecified atom stereocenters. The average Bonchev–Trinajstić information content (AvgIpc) is 3.26. The van der Waals surface area contributed by atoms with Gasteiger partial charge in [0.25, 0.3) is 0 Å². The summed E-state index contributed by atoms with van der Waals surface area (Å²) in [4.78, 5) is -0.00736. The molecule has 1 saturated heterocycles. The number of methoxy groups -OCH3 is 2. The number of rotatable bonds is 7. The SMILES string of the molecule is COc1ccc(S(=O)(=O)[C@H]2CS(=O)(=O)C[C@@H]2NCc2ccco2)cc1OC. The summed E-state index contributed by atoms with van der Waals surface area (Å²) in [6.07, 6.45) is 1.50. The monoisotopic (exact) mass is 415 g/mol. The van der Waals surface area contributed by atoms with E-state index in [0.29, 0.717) is 11.5 Å². The average molecular weight is 415 g/mol. The lowest BCUT2D eigenvalue weighted by atomic mass is 10.2. The smallest absolute Gasteiger partial charge is 0.183 e. The topological polar surface area (TPSA) is 112 Å². The number of benzene rings is 1. The molecular weight excluding hydrogens is 394 g/mol. The zero-order chi connectivity index (χ0) is 19.7. The molecule has 1 N–H and O–H groups in total. The number of ether oxygens (including phenoxy) is 2. The van der Waals surface area contributed by atoms with Crippen LogP contribution in [0.25, 0.3) is 0 Å². The summed E-state index contributed by atoms with van der Waals surface area (Å²) in [7, 11) is -4.55. The van der Waals surface area contributed by atoms with Gasteiger partial charge in [0.15, 0.2) is 31.2 Å². The lowest BCUT2D eigenvalue weighted by Crippen LogP contribution is -2.42. The highest BCUT2D eigenvalue weighted by atomic mass is 32.2. The van der Waals surface area contributed by atoms with Crippen molar-refractivity contribution in [1.29, 1.82) is 0 Å². The van der Waals surface area contributed by atoms with Gasteiger partial charge in [0.1, 0.15) is 5.76 Å². The summed E-state index contributed by atoms with van der Waals surface area (Å²) in [5, 5.41) is 1.91. The number of hydrogen-bond donors (Lipinski definition) is 1. The third-order valence-electron chi connectivity index (χ3n) is 4.50. The molecule has 1 aromatic heterocycles. The van der Waals surface area contributed by atoms with Gasteiger partial charge in [0.2, 0.25) is 0 Å². The lowest BCUT2D eigenvalue weighted by molar-refractivity contribution is 0.354. The number of furan rings is 1. The van der Waals surface area contributed by atoms with E-state index in [1.165, 1.54) is 38.7 Å². The van der Waals surface area contributed by atoms with Crippen LogP contribution >= 0.6 is 0 Å². The van der Waals surface area contributed by atoms with Crippen LogP contribution in [0.3, 0.4) is 0 Å². The van der Waals surface area contributed by atoms with Gasteiger partial charge >= 0.3 is 0 Å². The van der Waals surface area contributed by atoms with Crippen molar-refractivity contribution < 1.29 is 30.7 Å². The Balaban J connectivity index is 1.90. The second kappa shape index (κ2) is 7.53. The van der Waals surface area contributed by atoms with E-state index in [1.807, 2.05) is 0 Å². The summed E-state index contributed by atoms with van der Waals surface area (Å²) in [5.41, 5.74) is 0. The quantitative estimate of drug-likeness (QED) is 0.714. The lowest BCUT2D eigenvalue weighted by Gasteiger charge is -2.20. The molecule has 0 radical (unpaired) electrons. The fraction of sp³-hybridized carbons (Fsp3) is 0.412. The minimum Gasteiger partial charge on any atom is -0.493 e. The first-order valence-corrected chi connectivity index (χ1v) is 11.6. The Morgan fingerprint density at radius 2 is 1.89 bits per heavy atom. The van der Waals surface area contributed by atoms with Gasteiger partial charge in [-0.15, -0.1) is 0 Å². The molecule has 0 aliphatic carbocycles. The van der Waals surface area contributed by atoms with E-state index >= 15 is 0 Å². The molecule has 148 valence electrons. The summed E-state index contributed by atoms with van der Waals surface area (Å²) in [5.74, 6) is 0.578. The summed E-state index contributed by atoms with van der Waals surface area (Å²) in [6, 6.07) is 6.93. The van der Waals surface area contributed by atoms with Crippen molar-refractivity contribution in [2.75, 3.05) is 25.7 Å². The normalized spacial score (nSPS) is 21.9. The van der Waals surface area contributed by atoms with Crippen LogP contribution in [0.5, 0.6) is 11.5 Å². The molecule has 1 fully saturated rings. The minimum absolute atomic E-state index is 0.00736. The Labute approximate surface area is 158 Å². The van der Waals surface area contributed by atoms with Crippen molar-refractivity contribution in [1.82, 2.24) is 5.32 Å². The van der Waals surface area contributed by atoms with Gasteiger partial charge in [-0.25, -0.2) is 16.8 Å². The van der Waals surface area contributed by atoms with Crippen molar-refractivity contribution in [3.05, 3.63) is 42.4 Å². The van der Waals surface area contributed by atoms with Gasteiger partial charge in [-0.05, 0) is 24.3 Å². The maximum Gasteiger partial charge on any atom is 0.183 e. The molecule has 3 rings (SSSR count). The summed E-state index contributed by atoms with van der Waals surface area (Å²) >= 11 is 0. The molecule has 10 heteroatoms. The number of sulfone groups is 2. The van der Waals surface area contributed by atoms with Gasteiger partial charge < -0.3 is 19.2 Å². The maximum absolute atomic E-state index is 13.1. The molecule has 2 aromatic rings. The molecule has 0 saturated carbocycles.